The second kappa shape index (κ2) is 32.3. The van der Waals surface area contributed by atoms with Gasteiger partial charge >= 0.3 is 0 Å². The van der Waals surface area contributed by atoms with E-state index in [0.717, 1.165) is 92.2 Å². The van der Waals surface area contributed by atoms with Gasteiger partial charge in [-0.2, -0.15) is 0 Å². The highest BCUT2D eigenvalue weighted by Gasteiger charge is 2.14. The highest BCUT2D eigenvalue weighted by molar-refractivity contribution is 5.73. The molecule has 0 atom stereocenters. The lowest BCUT2D eigenvalue weighted by atomic mass is 9.90. The van der Waals surface area contributed by atoms with Gasteiger partial charge in [-0.1, -0.05) is 51.0 Å². The highest BCUT2D eigenvalue weighted by atomic mass is 19.1. The van der Waals surface area contributed by atoms with Crippen LogP contribution in [-0.4, -0.2) is 80.6 Å². The number of benzene rings is 2. The van der Waals surface area contributed by atoms with Gasteiger partial charge in [0.15, 0.2) is 0 Å². The van der Waals surface area contributed by atoms with E-state index in [1.165, 1.54) is 11.1 Å². The van der Waals surface area contributed by atoms with Crippen molar-refractivity contribution in [3.05, 3.63) is 71.8 Å². The monoisotopic (exact) mass is 666 g/mol. The summed E-state index contributed by atoms with van der Waals surface area (Å²) in [4.78, 5) is 16.4. The lowest BCUT2D eigenvalue weighted by Gasteiger charge is -2.18. The molecule has 0 saturated carbocycles. The first kappa shape index (κ1) is 45.5. The summed E-state index contributed by atoms with van der Waals surface area (Å²) in [7, 11) is 1.00. The summed E-state index contributed by atoms with van der Waals surface area (Å²) in [5, 5.41) is 32.4. The Bertz CT molecular complexity index is 1010. The molecule has 4 N–H and O–H groups in total. The summed E-state index contributed by atoms with van der Waals surface area (Å²) in [6.45, 7) is 9.65. The fourth-order valence-electron chi connectivity index (χ4n) is 4.54. The Morgan fingerprint density at radius 3 is 1.34 bits per heavy atom. The molecule has 47 heavy (non-hydrogen) atoms. The molecule has 0 aromatic heterocycles. The van der Waals surface area contributed by atoms with Gasteiger partial charge in [0.25, 0.3) is 6.47 Å². The zero-order valence-electron chi connectivity index (χ0n) is 28.1. The molecule has 2 aromatic carbocycles. The third-order valence-corrected chi connectivity index (χ3v) is 7.01. The van der Waals surface area contributed by atoms with Crippen LogP contribution in [0.4, 0.5) is 8.78 Å². The number of rotatable bonds is 23. The second-order valence-electron chi connectivity index (χ2n) is 10.5. The number of aryl methyl sites for hydroxylation is 2. The number of ether oxygens (including phenoxy) is 2. The SMILES string of the molecule is C=C(CO)CCOc1ccc(CCCCCCF)c(-c2cc(OCCC(=C)CO)ccc2CCCCCCF)c1.C=O.CO.O=CO. The topological polar surface area (TPSA) is 134 Å². The van der Waals surface area contributed by atoms with Crippen molar-refractivity contribution in [2.45, 2.75) is 77.0 Å². The average Bonchev–Trinajstić information content (AvgIpc) is 3.10. The van der Waals surface area contributed by atoms with Gasteiger partial charge in [-0.25, -0.2) is 0 Å². The van der Waals surface area contributed by atoms with Crippen molar-refractivity contribution in [1.29, 1.82) is 0 Å². The number of aliphatic hydroxyl groups excluding tert-OH is 3. The minimum absolute atomic E-state index is 0.0525. The molecule has 10 heteroatoms. The fourth-order valence-corrected chi connectivity index (χ4v) is 4.54. The number of carbonyl (C=O) groups is 2. The van der Waals surface area contributed by atoms with Crippen molar-refractivity contribution < 1.29 is 48.3 Å². The number of hydrogen-bond acceptors (Lipinski definition) is 7. The molecule has 0 unspecified atom stereocenters. The molecule has 0 bridgehead atoms. The van der Waals surface area contributed by atoms with Crippen LogP contribution in [0.15, 0.2) is 60.7 Å². The van der Waals surface area contributed by atoms with Crippen molar-refractivity contribution in [2.75, 3.05) is 46.9 Å². The van der Waals surface area contributed by atoms with E-state index in [2.05, 4.69) is 37.4 Å². The Morgan fingerprint density at radius 1 is 0.681 bits per heavy atom. The zero-order valence-corrected chi connectivity index (χ0v) is 28.1. The number of halogens is 2. The minimum Gasteiger partial charge on any atom is -0.493 e. The van der Waals surface area contributed by atoms with Crippen LogP contribution >= 0.6 is 0 Å². The van der Waals surface area contributed by atoms with Crippen molar-refractivity contribution in [3.8, 4) is 22.6 Å². The molecule has 0 aliphatic carbocycles. The van der Waals surface area contributed by atoms with Gasteiger partial charge < -0.3 is 34.7 Å². The van der Waals surface area contributed by atoms with Crippen LogP contribution in [0.5, 0.6) is 11.5 Å². The summed E-state index contributed by atoms with van der Waals surface area (Å²) < 4.78 is 37.2. The molecular weight excluding hydrogens is 610 g/mol. The van der Waals surface area contributed by atoms with Crippen LogP contribution in [0.1, 0.15) is 75.3 Å². The predicted octanol–water partition coefficient (Wildman–Crippen LogP) is 7.26. The third-order valence-electron chi connectivity index (χ3n) is 7.01. The third kappa shape index (κ3) is 21.8. The van der Waals surface area contributed by atoms with Crippen molar-refractivity contribution in [2.24, 2.45) is 0 Å². The number of carbonyl (C=O) groups excluding carboxylic acids is 1. The van der Waals surface area contributed by atoms with Gasteiger partial charge in [0.2, 0.25) is 0 Å². The molecule has 0 aliphatic heterocycles. The summed E-state index contributed by atoms with van der Waals surface area (Å²) >= 11 is 0. The molecule has 0 spiro atoms. The van der Waals surface area contributed by atoms with Gasteiger partial charge in [-0.15, -0.1) is 0 Å². The Hall–Kier alpha value is -3.60. The maximum Gasteiger partial charge on any atom is 0.290 e. The Morgan fingerprint density at radius 2 is 1.02 bits per heavy atom. The van der Waals surface area contributed by atoms with Gasteiger partial charge in [0, 0.05) is 20.0 Å². The summed E-state index contributed by atoms with van der Waals surface area (Å²) in [6, 6.07) is 12.4. The minimum atomic E-state index is -0.271. The summed E-state index contributed by atoms with van der Waals surface area (Å²) in [6.07, 6.45) is 9.78. The molecular formula is C37H56F2O8. The van der Waals surface area contributed by atoms with E-state index in [1.807, 2.05) is 18.9 Å². The first-order chi connectivity index (χ1) is 22.9. The van der Waals surface area contributed by atoms with Gasteiger partial charge in [0.1, 0.15) is 18.3 Å². The van der Waals surface area contributed by atoms with Gasteiger partial charge in [-0.3, -0.25) is 13.6 Å². The molecule has 0 heterocycles. The standard InChI is InChI=1S/C34H48F2O4.CH2O2.CH4O.CH2O/c1-27(25-37)17-21-39-31-15-13-29(11-7-3-5-9-19-35)33(23-31)34-24-32(40-22-18-28(2)26-38)16-14-30(34)12-8-4-6-10-20-36;2-1-3;2*1-2/h13-16,23-24,37-38H,1-12,17-22,25-26H2;1H,(H,2,3);2H,1H3;1H2. The highest BCUT2D eigenvalue weighted by Crippen LogP contribution is 2.35. The second-order valence-corrected chi connectivity index (χ2v) is 10.5. The molecule has 8 nitrogen and oxygen atoms in total. The number of unbranched alkanes of at least 4 members (excludes halogenated alkanes) is 6. The van der Waals surface area contributed by atoms with Crippen LogP contribution in [0.25, 0.3) is 11.1 Å². The van der Waals surface area contributed by atoms with E-state index in [1.54, 1.807) is 0 Å². The van der Waals surface area contributed by atoms with Crippen LogP contribution in [0.2, 0.25) is 0 Å². The Labute approximate surface area is 279 Å². The van der Waals surface area contributed by atoms with Crippen LogP contribution < -0.4 is 9.47 Å². The van der Waals surface area contributed by atoms with E-state index in [-0.39, 0.29) is 33.0 Å². The number of hydrogen-bond donors (Lipinski definition) is 4. The summed E-state index contributed by atoms with van der Waals surface area (Å²) in [5.41, 5.74) is 6.05. The smallest absolute Gasteiger partial charge is 0.290 e. The van der Waals surface area contributed by atoms with Crippen LogP contribution in [0, 0.1) is 0 Å². The maximum atomic E-state index is 12.6. The number of carboxylic acid groups (broad SMARTS) is 1. The molecule has 2 aromatic rings. The van der Waals surface area contributed by atoms with Crippen molar-refractivity contribution >= 4 is 13.3 Å². The first-order valence-electron chi connectivity index (χ1n) is 15.9. The quantitative estimate of drug-likeness (QED) is 0.0554. The number of aliphatic hydroxyl groups is 3. The molecule has 0 fully saturated rings. The lowest BCUT2D eigenvalue weighted by molar-refractivity contribution is -0.122. The maximum absolute atomic E-state index is 12.6. The van der Waals surface area contributed by atoms with E-state index in [4.69, 9.17) is 29.3 Å². The molecule has 0 saturated heterocycles. The zero-order chi connectivity index (χ0) is 35.7. The summed E-state index contributed by atoms with van der Waals surface area (Å²) in [5.74, 6) is 1.50. The Kier molecular flexibility index (Phi) is 31.3. The number of alkyl halides is 2. The van der Waals surface area contributed by atoms with E-state index < -0.39 is 0 Å². The first-order valence-corrected chi connectivity index (χ1v) is 15.9. The van der Waals surface area contributed by atoms with Crippen molar-refractivity contribution in [3.63, 3.8) is 0 Å². The van der Waals surface area contributed by atoms with Crippen LogP contribution in [-0.2, 0) is 22.4 Å². The molecule has 2 rings (SSSR count). The lowest BCUT2D eigenvalue weighted by Crippen LogP contribution is -2.03. The van der Waals surface area contributed by atoms with Gasteiger partial charge in [-0.05, 0) is 96.2 Å². The van der Waals surface area contributed by atoms with E-state index in [9.17, 15) is 19.0 Å². The predicted molar refractivity (Wildman–Crippen MR) is 185 cm³/mol. The van der Waals surface area contributed by atoms with E-state index in [0.29, 0.717) is 38.9 Å². The van der Waals surface area contributed by atoms with Crippen LogP contribution in [0.3, 0.4) is 0 Å². The van der Waals surface area contributed by atoms with Crippen molar-refractivity contribution in [1.82, 2.24) is 0 Å². The van der Waals surface area contributed by atoms with Gasteiger partial charge in [0.05, 0.1) is 39.8 Å². The fraction of sp³-hybridized carbons (Fsp3) is 0.514. The Balaban J connectivity index is 0. The molecule has 0 radical (unpaired) electrons. The molecule has 0 amide bonds. The molecule has 266 valence electrons. The van der Waals surface area contributed by atoms with E-state index >= 15 is 0 Å². The normalized spacial score (nSPS) is 9.83. The largest absolute Gasteiger partial charge is 0.493 e. The molecule has 0 aliphatic rings. The average molecular weight is 667 g/mol.